The van der Waals surface area contributed by atoms with Crippen LogP contribution in [0.5, 0.6) is 11.5 Å². The zero-order valence-electron chi connectivity index (χ0n) is 12.8. The van der Waals surface area contributed by atoms with Crippen LogP contribution < -0.4 is 14.9 Å². The highest BCUT2D eigenvalue weighted by atomic mass is 79.9. The minimum absolute atomic E-state index is 0.0301. The maximum absolute atomic E-state index is 8.75. The van der Waals surface area contributed by atoms with Crippen LogP contribution in [0.15, 0.2) is 52.0 Å². The van der Waals surface area contributed by atoms with Crippen molar-refractivity contribution in [2.24, 2.45) is 5.10 Å². The highest BCUT2D eigenvalue weighted by molar-refractivity contribution is 9.10. The van der Waals surface area contributed by atoms with E-state index in [0.29, 0.717) is 24.7 Å². The van der Waals surface area contributed by atoms with Crippen LogP contribution in [-0.4, -0.2) is 31.6 Å². The SMILES string of the molecule is COc1cccc(C=NNCCO)c1OCc1ccc(Br)cc1. The Morgan fingerprint density at radius 1 is 1.22 bits per heavy atom. The first-order valence-electron chi connectivity index (χ1n) is 7.15. The molecular weight excluding hydrogens is 360 g/mol. The first-order valence-corrected chi connectivity index (χ1v) is 7.95. The molecule has 0 bridgehead atoms. The van der Waals surface area contributed by atoms with Gasteiger partial charge in [0.15, 0.2) is 11.5 Å². The predicted molar refractivity (Wildman–Crippen MR) is 94.2 cm³/mol. The summed E-state index contributed by atoms with van der Waals surface area (Å²) in [7, 11) is 1.60. The Bertz CT molecular complexity index is 645. The van der Waals surface area contributed by atoms with Gasteiger partial charge < -0.3 is 20.0 Å². The summed E-state index contributed by atoms with van der Waals surface area (Å²) in [4.78, 5) is 0. The zero-order chi connectivity index (χ0) is 16.5. The van der Waals surface area contributed by atoms with Crippen molar-refractivity contribution in [1.82, 2.24) is 5.43 Å². The van der Waals surface area contributed by atoms with Crippen molar-refractivity contribution in [2.75, 3.05) is 20.3 Å². The fraction of sp³-hybridized carbons (Fsp3) is 0.235. The van der Waals surface area contributed by atoms with Gasteiger partial charge in [0.25, 0.3) is 0 Å². The van der Waals surface area contributed by atoms with Crippen LogP contribution in [0.4, 0.5) is 0 Å². The summed E-state index contributed by atoms with van der Waals surface area (Å²) >= 11 is 3.41. The van der Waals surface area contributed by atoms with Gasteiger partial charge in [0.2, 0.25) is 0 Å². The third-order valence-electron chi connectivity index (χ3n) is 3.04. The van der Waals surface area contributed by atoms with Gasteiger partial charge in [-0.1, -0.05) is 34.1 Å². The van der Waals surface area contributed by atoms with Crippen molar-refractivity contribution < 1.29 is 14.6 Å². The van der Waals surface area contributed by atoms with Crippen molar-refractivity contribution in [3.63, 3.8) is 0 Å². The predicted octanol–water partition coefficient (Wildman–Crippen LogP) is 2.95. The number of aliphatic hydroxyl groups excluding tert-OH is 1. The van der Waals surface area contributed by atoms with Gasteiger partial charge in [-0.15, -0.1) is 0 Å². The molecule has 0 spiro atoms. The Morgan fingerprint density at radius 2 is 2.00 bits per heavy atom. The topological polar surface area (TPSA) is 63.1 Å². The molecule has 0 saturated carbocycles. The number of para-hydroxylation sites is 1. The van der Waals surface area contributed by atoms with Crippen LogP contribution in [0.3, 0.4) is 0 Å². The number of hydrogen-bond donors (Lipinski definition) is 2. The largest absolute Gasteiger partial charge is 0.493 e. The minimum atomic E-state index is 0.0301. The number of aliphatic hydroxyl groups is 1. The Kier molecular flexibility index (Phi) is 6.90. The number of halogens is 1. The summed E-state index contributed by atoms with van der Waals surface area (Å²) in [5.74, 6) is 1.28. The van der Waals surface area contributed by atoms with Crippen LogP contribution in [0.1, 0.15) is 11.1 Å². The minimum Gasteiger partial charge on any atom is -0.493 e. The number of benzene rings is 2. The number of hydrogen-bond acceptors (Lipinski definition) is 5. The summed E-state index contributed by atoms with van der Waals surface area (Å²) in [6, 6.07) is 13.5. The number of methoxy groups -OCH3 is 1. The first-order chi connectivity index (χ1) is 11.2. The molecule has 2 aromatic rings. The summed E-state index contributed by atoms with van der Waals surface area (Å²) in [5.41, 5.74) is 4.60. The van der Waals surface area contributed by atoms with E-state index in [1.54, 1.807) is 13.3 Å². The van der Waals surface area contributed by atoms with Gasteiger partial charge in [0, 0.05) is 10.0 Å². The van der Waals surface area contributed by atoms with E-state index in [2.05, 4.69) is 26.5 Å². The molecule has 2 N–H and O–H groups in total. The van der Waals surface area contributed by atoms with Gasteiger partial charge in [0.05, 0.1) is 26.5 Å². The highest BCUT2D eigenvalue weighted by Gasteiger charge is 2.09. The maximum atomic E-state index is 8.75. The summed E-state index contributed by atoms with van der Waals surface area (Å²) in [6.45, 7) is 0.858. The van der Waals surface area contributed by atoms with E-state index in [0.717, 1.165) is 15.6 Å². The van der Waals surface area contributed by atoms with Crippen molar-refractivity contribution in [3.05, 3.63) is 58.1 Å². The maximum Gasteiger partial charge on any atom is 0.170 e. The molecule has 0 atom stereocenters. The normalized spacial score (nSPS) is 10.7. The Labute approximate surface area is 144 Å². The highest BCUT2D eigenvalue weighted by Crippen LogP contribution is 2.30. The van der Waals surface area contributed by atoms with Crippen LogP contribution in [0.2, 0.25) is 0 Å². The Morgan fingerprint density at radius 3 is 2.70 bits per heavy atom. The molecule has 0 amide bonds. The average Bonchev–Trinajstić information content (AvgIpc) is 2.58. The lowest BCUT2D eigenvalue weighted by Gasteiger charge is -2.13. The number of nitrogens with zero attached hydrogens (tertiary/aromatic N) is 1. The lowest BCUT2D eigenvalue weighted by atomic mass is 10.2. The molecule has 0 aliphatic carbocycles. The van der Waals surface area contributed by atoms with E-state index < -0.39 is 0 Å². The van der Waals surface area contributed by atoms with Crippen LogP contribution in [0.25, 0.3) is 0 Å². The van der Waals surface area contributed by atoms with E-state index >= 15 is 0 Å². The molecule has 122 valence electrons. The van der Waals surface area contributed by atoms with Gasteiger partial charge >= 0.3 is 0 Å². The zero-order valence-corrected chi connectivity index (χ0v) is 14.4. The molecule has 6 heteroatoms. The molecule has 0 saturated heterocycles. The molecule has 0 aliphatic rings. The fourth-order valence-electron chi connectivity index (χ4n) is 1.92. The molecule has 2 aromatic carbocycles. The van der Waals surface area contributed by atoms with Crippen molar-refractivity contribution >= 4 is 22.1 Å². The van der Waals surface area contributed by atoms with Gasteiger partial charge in [-0.2, -0.15) is 5.10 Å². The van der Waals surface area contributed by atoms with Gasteiger partial charge in [0.1, 0.15) is 6.61 Å². The summed E-state index contributed by atoms with van der Waals surface area (Å²) < 4.78 is 12.3. The molecule has 0 radical (unpaired) electrons. The van der Waals surface area contributed by atoms with Gasteiger partial charge in [-0.3, -0.25) is 0 Å². The van der Waals surface area contributed by atoms with E-state index in [1.807, 2.05) is 42.5 Å². The second kappa shape index (κ2) is 9.17. The number of rotatable bonds is 8. The van der Waals surface area contributed by atoms with Crippen LogP contribution in [0, 0.1) is 0 Å². The van der Waals surface area contributed by atoms with E-state index in [4.69, 9.17) is 14.6 Å². The van der Waals surface area contributed by atoms with E-state index in [1.165, 1.54) is 0 Å². The van der Waals surface area contributed by atoms with Crippen molar-refractivity contribution in [2.45, 2.75) is 6.61 Å². The van der Waals surface area contributed by atoms with Crippen LogP contribution >= 0.6 is 15.9 Å². The molecule has 0 unspecified atom stereocenters. The second-order valence-corrected chi connectivity index (χ2v) is 5.60. The number of ether oxygens (including phenoxy) is 2. The fourth-order valence-corrected chi connectivity index (χ4v) is 2.18. The average molecular weight is 379 g/mol. The third kappa shape index (κ3) is 5.26. The van der Waals surface area contributed by atoms with Gasteiger partial charge in [-0.05, 0) is 29.8 Å². The quantitative estimate of drug-likeness (QED) is 0.421. The lowest BCUT2D eigenvalue weighted by Crippen LogP contribution is -2.11. The van der Waals surface area contributed by atoms with Crippen LogP contribution in [-0.2, 0) is 6.61 Å². The molecule has 0 fully saturated rings. The lowest BCUT2D eigenvalue weighted by molar-refractivity contribution is 0.284. The smallest absolute Gasteiger partial charge is 0.170 e. The van der Waals surface area contributed by atoms with Crippen molar-refractivity contribution in [3.8, 4) is 11.5 Å². The van der Waals surface area contributed by atoms with Gasteiger partial charge in [-0.25, -0.2) is 0 Å². The molecule has 5 nitrogen and oxygen atoms in total. The monoisotopic (exact) mass is 378 g/mol. The Balaban J connectivity index is 2.14. The summed E-state index contributed by atoms with van der Waals surface area (Å²) in [5, 5.41) is 12.8. The number of nitrogens with one attached hydrogen (secondary N) is 1. The molecule has 0 aliphatic heterocycles. The Hall–Kier alpha value is -2.05. The first kappa shape index (κ1) is 17.3. The number of hydrazone groups is 1. The molecule has 23 heavy (non-hydrogen) atoms. The molecular formula is C17H19BrN2O3. The van der Waals surface area contributed by atoms with E-state index in [-0.39, 0.29) is 6.61 Å². The van der Waals surface area contributed by atoms with E-state index in [9.17, 15) is 0 Å². The molecule has 0 aromatic heterocycles. The molecule has 0 heterocycles. The van der Waals surface area contributed by atoms with Crippen molar-refractivity contribution in [1.29, 1.82) is 0 Å². The second-order valence-electron chi connectivity index (χ2n) is 4.68. The molecule has 2 rings (SSSR count). The standard InChI is InChI=1S/C17H19BrN2O3/c1-22-16-4-2-3-14(11-20-19-9-10-21)17(16)23-12-13-5-7-15(18)8-6-13/h2-8,11,19,21H,9-10,12H2,1H3. The third-order valence-corrected chi connectivity index (χ3v) is 3.57. The summed E-state index contributed by atoms with van der Waals surface area (Å²) in [6.07, 6.45) is 1.65.